The van der Waals surface area contributed by atoms with Crippen molar-refractivity contribution in [1.29, 1.82) is 0 Å². The third-order valence-electron chi connectivity index (χ3n) is 2.44. The van der Waals surface area contributed by atoms with Crippen LogP contribution in [0.4, 0.5) is 10.1 Å². The van der Waals surface area contributed by atoms with Crippen molar-refractivity contribution >= 4 is 5.69 Å². The van der Waals surface area contributed by atoms with Crippen molar-refractivity contribution in [2.45, 2.75) is 18.6 Å². The van der Waals surface area contributed by atoms with Crippen molar-refractivity contribution in [3.05, 3.63) is 24.5 Å². The second-order valence-electron chi connectivity index (χ2n) is 3.71. The molecule has 14 heavy (non-hydrogen) atoms. The molecule has 0 saturated carbocycles. The van der Waals surface area contributed by atoms with Gasteiger partial charge in [-0.2, -0.15) is 0 Å². The summed E-state index contributed by atoms with van der Waals surface area (Å²) >= 11 is 0. The van der Waals surface area contributed by atoms with Gasteiger partial charge in [0.2, 0.25) is 0 Å². The fourth-order valence-electron chi connectivity index (χ4n) is 1.83. The number of nitrogens with two attached hydrogens (primary N) is 1. The summed E-state index contributed by atoms with van der Waals surface area (Å²) in [7, 11) is 0. The predicted molar refractivity (Wildman–Crippen MR) is 53.9 cm³/mol. The molecule has 1 aliphatic rings. The lowest BCUT2D eigenvalue weighted by Crippen LogP contribution is -2.48. The number of halogens is 1. The Labute approximate surface area is 82.7 Å². The summed E-state index contributed by atoms with van der Waals surface area (Å²) in [5.41, 5.74) is 6.70. The van der Waals surface area contributed by atoms with E-state index < -0.39 is 6.17 Å². The van der Waals surface area contributed by atoms with Gasteiger partial charge in [0, 0.05) is 25.3 Å². The Hall–Kier alpha value is -1.16. The smallest absolute Gasteiger partial charge is 0.119 e. The third kappa shape index (κ3) is 2.01. The fourth-order valence-corrected chi connectivity index (χ4v) is 1.83. The molecule has 2 rings (SSSR count). The van der Waals surface area contributed by atoms with Crippen LogP contribution in [0, 0.1) is 0 Å². The number of hydrogen-bond acceptors (Lipinski definition) is 3. The highest BCUT2D eigenvalue weighted by Gasteiger charge is 2.24. The van der Waals surface area contributed by atoms with Crippen molar-refractivity contribution < 1.29 is 4.39 Å². The standard InChI is InChI=1S/C10H14FN3/c11-8-4-9(12)7-14(6-8)10-2-1-3-13-5-10/h1-3,5,8-9H,4,6-7,12H2. The molecule has 0 aliphatic carbocycles. The Balaban J connectivity index is 2.11. The summed E-state index contributed by atoms with van der Waals surface area (Å²) in [6, 6.07) is 3.71. The predicted octanol–water partition coefficient (Wildman–Crippen LogP) is 0.957. The van der Waals surface area contributed by atoms with E-state index in [0.717, 1.165) is 5.69 Å². The molecule has 0 aromatic carbocycles. The van der Waals surface area contributed by atoms with Crippen LogP contribution in [0.1, 0.15) is 6.42 Å². The van der Waals surface area contributed by atoms with Gasteiger partial charge >= 0.3 is 0 Å². The van der Waals surface area contributed by atoms with Gasteiger partial charge in [0.25, 0.3) is 0 Å². The van der Waals surface area contributed by atoms with Gasteiger partial charge in [-0.25, -0.2) is 4.39 Å². The van der Waals surface area contributed by atoms with E-state index in [0.29, 0.717) is 19.5 Å². The van der Waals surface area contributed by atoms with E-state index in [1.165, 1.54) is 0 Å². The number of rotatable bonds is 1. The van der Waals surface area contributed by atoms with Crippen molar-refractivity contribution in [2.75, 3.05) is 18.0 Å². The molecule has 2 heterocycles. The zero-order valence-electron chi connectivity index (χ0n) is 7.94. The Bertz CT molecular complexity index is 281. The molecule has 2 unspecified atom stereocenters. The van der Waals surface area contributed by atoms with Crippen molar-refractivity contribution in [3.63, 3.8) is 0 Å². The first kappa shape index (κ1) is 9.40. The maximum Gasteiger partial charge on any atom is 0.119 e. The molecule has 1 aliphatic heterocycles. The molecule has 1 fully saturated rings. The van der Waals surface area contributed by atoms with Gasteiger partial charge in [-0.3, -0.25) is 4.98 Å². The monoisotopic (exact) mass is 195 g/mol. The van der Waals surface area contributed by atoms with E-state index in [9.17, 15) is 4.39 Å². The van der Waals surface area contributed by atoms with Crippen LogP contribution in [0.15, 0.2) is 24.5 Å². The van der Waals surface area contributed by atoms with Gasteiger partial charge in [0.05, 0.1) is 11.9 Å². The normalized spacial score (nSPS) is 27.7. The van der Waals surface area contributed by atoms with Crippen LogP contribution in [-0.2, 0) is 0 Å². The van der Waals surface area contributed by atoms with Crippen LogP contribution in [0.2, 0.25) is 0 Å². The van der Waals surface area contributed by atoms with Gasteiger partial charge in [-0.05, 0) is 18.6 Å². The highest BCUT2D eigenvalue weighted by atomic mass is 19.1. The second kappa shape index (κ2) is 3.92. The molecule has 0 bridgehead atoms. The highest BCUT2D eigenvalue weighted by Crippen LogP contribution is 2.19. The minimum Gasteiger partial charge on any atom is -0.366 e. The number of hydrogen-bond donors (Lipinski definition) is 1. The first-order valence-corrected chi connectivity index (χ1v) is 4.80. The van der Waals surface area contributed by atoms with Gasteiger partial charge < -0.3 is 10.6 Å². The molecule has 0 radical (unpaired) electrons. The lowest BCUT2D eigenvalue weighted by molar-refractivity contribution is 0.269. The van der Waals surface area contributed by atoms with Crippen LogP contribution in [0.25, 0.3) is 0 Å². The summed E-state index contributed by atoms with van der Waals surface area (Å²) in [5, 5.41) is 0. The molecule has 76 valence electrons. The molecule has 1 aromatic rings. The number of aromatic nitrogens is 1. The van der Waals surface area contributed by atoms with E-state index >= 15 is 0 Å². The Morgan fingerprint density at radius 1 is 1.50 bits per heavy atom. The number of pyridine rings is 1. The fraction of sp³-hybridized carbons (Fsp3) is 0.500. The molecule has 3 nitrogen and oxygen atoms in total. The average molecular weight is 195 g/mol. The highest BCUT2D eigenvalue weighted by molar-refractivity contribution is 5.44. The zero-order chi connectivity index (χ0) is 9.97. The van der Waals surface area contributed by atoms with E-state index in [1.807, 2.05) is 17.0 Å². The lowest BCUT2D eigenvalue weighted by atomic mass is 10.0. The quantitative estimate of drug-likeness (QED) is 0.725. The Morgan fingerprint density at radius 2 is 2.36 bits per heavy atom. The first-order valence-electron chi connectivity index (χ1n) is 4.80. The largest absolute Gasteiger partial charge is 0.366 e. The van der Waals surface area contributed by atoms with Gasteiger partial charge in [0.15, 0.2) is 0 Å². The molecule has 4 heteroatoms. The number of anilines is 1. The van der Waals surface area contributed by atoms with Gasteiger partial charge in [-0.15, -0.1) is 0 Å². The minimum atomic E-state index is -0.820. The molecule has 2 N–H and O–H groups in total. The summed E-state index contributed by atoms with van der Waals surface area (Å²) in [6.45, 7) is 1.14. The minimum absolute atomic E-state index is 0.0704. The van der Waals surface area contributed by atoms with Gasteiger partial charge in [0.1, 0.15) is 6.17 Å². The van der Waals surface area contributed by atoms with E-state index in [4.69, 9.17) is 5.73 Å². The lowest BCUT2D eigenvalue weighted by Gasteiger charge is -2.34. The van der Waals surface area contributed by atoms with E-state index in [-0.39, 0.29) is 6.04 Å². The molecular weight excluding hydrogens is 181 g/mol. The van der Waals surface area contributed by atoms with Crippen molar-refractivity contribution in [1.82, 2.24) is 4.98 Å². The zero-order valence-corrected chi connectivity index (χ0v) is 7.94. The topological polar surface area (TPSA) is 42.1 Å². The van der Waals surface area contributed by atoms with Gasteiger partial charge in [-0.1, -0.05) is 0 Å². The summed E-state index contributed by atoms with van der Waals surface area (Å²) in [6.07, 6.45) is 3.10. The second-order valence-corrected chi connectivity index (χ2v) is 3.71. The van der Waals surface area contributed by atoms with Crippen LogP contribution >= 0.6 is 0 Å². The first-order chi connectivity index (χ1) is 6.75. The SMILES string of the molecule is NC1CC(F)CN(c2cccnc2)C1. The van der Waals surface area contributed by atoms with E-state index in [1.54, 1.807) is 12.4 Å². The summed E-state index contributed by atoms with van der Waals surface area (Å²) < 4.78 is 13.2. The van der Waals surface area contributed by atoms with Crippen molar-refractivity contribution in [3.8, 4) is 0 Å². The van der Waals surface area contributed by atoms with Crippen LogP contribution in [-0.4, -0.2) is 30.3 Å². The molecule has 2 atom stereocenters. The van der Waals surface area contributed by atoms with Crippen molar-refractivity contribution in [2.24, 2.45) is 5.73 Å². The number of nitrogens with zero attached hydrogens (tertiary/aromatic N) is 2. The molecule has 0 amide bonds. The molecule has 1 aromatic heterocycles. The molecular formula is C10H14FN3. The summed E-state index contributed by atoms with van der Waals surface area (Å²) in [5.74, 6) is 0. The summed E-state index contributed by atoms with van der Waals surface area (Å²) in [4.78, 5) is 5.96. The number of piperidine rings is 1. The number of alkyl halides is 1. The maximum atomic E-state index is 13.2. The molecule has 0 spiro atoms. The molecule has 1 saturated heterocycles. The maximum absolute atomic E-state index is 13.2. The Kier molecular flexibility index (Phi) is 2.63. The van der Waals surface area contributed by atoms with E-state index in [2.05, 4.69) is 4.98 Å². The van der Waals surface area contributed by atoms with Crippen LogP contribution in [0.3, 0.4) is 0 Å². The third-order valence-corrected chi connectivity index (χ3v) is 2.44. The average Bonchev–Trinajstić information content (AvgIpc) is 2.18. The van der Waals surface area contributed by atoms with Crippen LogP contribution < -0.4 is 10.6 Å². The Morgan fingerprint density at radius 3 is 3.00 bits per heavy atom. The van der Waals surface area contributed by atoms with Crippen LogP contribution in [0.5, 0.6) is 0 Å².